The zero-order valence-electron chi connectivity index (χ0n) is 17.6. The summed E-state index contributed by atoms with van der Waals surface area (Å²) in [5.41, 5.74) is 2.34. The maximum Gasteiger partial charge on any atom is 0.339 e. The number of para-hydroxylation sites is 1. The van der Waals surface area contributed by atoms with Gasteiger partial charge in [0.05, 0.1) is 10.5 Å². The van der Waals surface area contributed by atoms with Crippen LogP contribution in [0.25, 0.3) is 0 Å². The average molecular weight is 423 g/mol. The lowest BCUT2D eigenvalue weighted by atomic mass is 10.1. The first-order valence-electron chi connectivity index (χ1n) is 10.5. The number of carbonyl (C=O) groups excluding carboxylic acids is 2. The van der Waals surface area contributed by atoms with Gasteiger partial charge in [-0.1, -0.05) is 18.2 Å². The minimum Gasteiger partial charge on any atom is -0.449 e. The molecule has 0 N–H and O–H groups in total. The molecular weight excluding hydrogens is 398 g/mol. The Morgan fingerprint density at radius 2 is 1.84 bits per heavy atom. The van der Waals surface area contributed by atoms with Gasteiger partial charge in [-0.05, 0) is 56.9 Å². The number of anilines is 2. The van der Waals surface area contributed by atoms with Gasteiger partial charge < -0.3 is 14.5 Å². The Labute approximate surface area is 180 Å². The van der Waals surface area contributed by atoms with E-state index < -0.39 is 17.0 Å². The molecule has 2 aliphatic rings. The summed E-state index contributed by atoms with van der Waals surface area (Å²) in [6.07, 6.45) is 1.70. The fourth-order valence-corrected chi connectivity index (χ4v) is 4.40. The third kappa shape index (κ3) is 3.97. The second-order valence-corrected chi connectivity index (χ2v) is 8.09. The Bertz CT molecular complexity index is 1030. The summed E-state index contributed by atoms with van der Waals surface area (Å²) in [6.45, 7) is 4.99. The third-order valence-corrected chi connectivity index (χ3v) is 5.93. The van der Waals surface area contributed by atoms with Crippen LogP contribution >= 0.6 is 0 Å². The first-order valence-corrected chi connectivity index (χ1v) is 10.5. The topological polar surface area (TPSA) is 93.0 Å². The lowest BCUT2D eigenvalue weighted by Gasteiger charge is -2.26. The zero-order valence-corrected chi connectivity index (χ0v) is 17.6. The van der Waals surface area contributed by atoms with Crippen LogP contribution in [0.2, 0.25) is 0 Å². The largest absolute Gasteiger partial charge is 0.449 e. The Morgan fingerprint density at radius 1 is 1.13 bits per heavy atom. The van der Waals surface area contributed by atoms with E-state index in [4.69, 9.17) is 4.74 Å². The summed E-state index contributed by atoms with van der Waals surface area (Å²) in [6, 6.07) is 12.0. The van der Waals surface area contributed by atoms with Crippen molar-refractivity contribution in [1.82, 2.24) is 0 Å². The summed E-state index contributed by atoms with van der Waals surface area (Å²) in [5, 5.41) is 11.6. The number of rotatable bonds is 5. The van der Waals surface area contributed by atoms with Crippen molar-refractivity contribution in [2.45, 2.75) is 45.3 Å². The molecule has 0 radical (unpaired) electrons. The smallest absolute Gasteiger partial charge is 0.339 e. The van der Waals surface area contributed by atoms with Crippen LogP contribution in [0.4, 0.5) is 17.1 Å². The van der Waals surface area contributed by atoms with Crippen molar-refractivity contribution in [3.8, 4) is 0 Å². The summed E-state index contributed by atoms with van der Waals surface area (Å²) in [4.78, 5) is 40.4. The van der Waals surface area contributed by atoms with E-state index in [0.717, 1.165) is 43.6 Å². The molecule has 2 atom stereocenters. The minimum atomic E-state index is -1.02. The second-order valence-electron chi connectivity index (χ2n) is 8.09. The number of esters is 1. The average Bonchev–Trinajstić information content (AvgIpc) is 3.39. The second kappa shape index (κ2) is 8.37. The van der Waals surface area contributed by atoms with E-state index in [1.165, 1.54) is 19.1 Å². The summed E-state index contributed by atoms with van der Waals surface area (Å²) < 4.78 is 5.41. The van der Waals surface area contributed by atoms with E-state index in [1.807, 2.05) is 36.1 Å². The van der Waals surface area contributed by atoms with Crippen molar-refractivity contribution in [1.29, 1.82) is 0 Å². The van der Waals surface area contributed by atoms with Crippen molar-refractivity contribution >= 4 is 28.9 Å². The molecule has 8 nitrogen and oxygen atoms in total. The van der Waals surface area contributed by atoms with E-state index in [2.05, 4.69) is 0 Å². The van der Waals surface area contributed by atoms with Gasteiger partial charge >= 0.3 is 5.97 Å². The molecule has 4 rings (SSSR count). The molecule has 31 heavy (non-hydrogen) atoms. The van der Waals surface area contributed by atoms with Crippen molar-refractivity contribution in [2.24, 2.45) is 0 Å². The van der Waals surface area contributed by atoms with E-state index >= 15 is 0 Å². The molecule has 1 fully saturated rings. The van der Waals surface area contributed by atoms with Gasteiger partial charge in [0.15, 0.2) is 6.10 Å². The molecule has 2 aromatic carbocycles. The number of amides is 1. The first kappa shape index (κ1) is 20.8. The van der Waals surface area contributed by atoms with Gasteiger partial charge in [-0.15, -0.1) is 0 Å². The van der Waals surface area contributed by atoms with Crippen molar-refractivity contribution in [2.75, 3.05) is 22.9 Å². The number of ether oxygens (including phenoxy) is 1. The lowest BCUT2D eigenvalue weighted by molar-refractivity contribution is -0.384. The fourth-order valence-electron chi connectivity index (χ4n) is 4.40. The quantitative estimate of drug-likeness (QED) is 0.413. The number of nitrogens with zero attached hydrogens (tertiary/aromatic N) is 3. The molecule has 0 saturated carbocycles. The standard InChI is InChI=1S/C23H25N3O5/c1-15-13-17-7-3-4-8-19(17)25(15)22(27)16(2)31-23(28)18-9-10-20(21(14-18)26(29)30)24-11-5-6-12-24/h3-4,7-10,14-16H,5-6,11-13H2,1-2H3/t15-,16-/m1/s1. The molecule has 162 valence electrons. The SMILES string of the molecule is C[C@@H]1Cc2ccccc2N1C(=O)[C@@H](C)OC(=O)c1ccc(N2CCCC2)c([N+](=O)[O-])c1. The normalized spacial score (nSPS) is 18.6. The third-order valence-electron chi connectivity index (χ3n) is 5.93. The zero-order chi connectivity index (χ0) is 22.1. The molecule has 0 unspecified atom stereocenters. The summed E-state index contributed by atoms with van der Waals surface area (Å²) >= 11 is 0. The molecule has 8 heteroatoms. The molecule has 2 heterocycles. The van der Waals surface area contributed by atoms with Crippen LogP contribution in [-0.2, 0) is 16.0 Å². The molecule has 1 saturated heterocycles. The predicted octanol–water partition coefficient (Wildman–Crippen LogP) is 3.72. The number of hydrogen-bond acceptors (Lipinski definition) is 6. The molecule has 0 spiro atoms. The van der Waals surface area contributed by atoms with Gasteiger partial charge in [0.2, 0.25) is 0 Å². The highest BCUT2D eigenvalue weighted by atomic mass is 16.6. The monoisotopic (exact) mass is 423 g/mol. The highest BCUT2D eigenvalue weighted by molar-refractivity contribution is 6.01. The molecule has 1 amide bonds. The minimum absolute atomic E-state index is 0.0353. The van der Waals surface area contributed by atoms with Crippen LogP contribution in [0.1, 0.15) is 42.6 Å². The van der Waals surface area contributed by atoms with Crippen molar-refractivity contribution in [3.63, 3.8) is 0 Å². The number of benzene rings is 2. The van der Waals surface area contributed by atoms with Crippen LogP contribution in [0.3, 0.4) is 0 Å². The highest BCUT2D eigenvalue weighted by Crippen LogP contribution is 2.34. The van der Waals surface area contributed by atoms with Crippen LogP contribution in [0.5, 0.6) is 0 Å². The van der Waals surface area contributed by atoms with Crippen LogP contribution in [0.15, 0.2) is 42.5 Å². The van der Waals surface area contributed by atoms with Crippen molar-refractivity contribution in [3.05, 3.63) is 63.7 Å². The molecule has 0 aliphatic carbocycles. The van der Waals surface area contributed by atoms with E-state index in [1.54, 1.807) is 11.0 Å². The number of fused-ring (bicyclic) bond motifs is 1. The van der Waals surface area contributed by atoms with Crippen LogP contribution in [0, 0.1) is 10.1 Å². The molecule has 0 aromatic heterocycles. The van der Waals surface area contributed by atoms with Crippen LogP contribution in [-0.4, -0.2) is 42.0 Å². The van der Waals surface area contributed by atoms with E-state index in [-0.39, 0.29) is 23.2 Å². The maximum atomic E-state index is 13.0. The molecule has 0 bridgehead atoms. The van der Waals surface area contributed by atoms with Crippen LogP contribution < -0.4 is 9.80 Å². The van der Waals surface area contributed by atoms with Gasteiger partial charge in [-0.2, -0.15) is 0 Å². The highest BCUT2D eigenvalue weighted by Gasteiger charge is 2.35. The van der Waals surface area contributed by atoms with Gasteiger partial charge in [-0.3, -0.25) is 14.9 Å². The molecule has 2 aromatic rings. The Kier molecular flexibility index (Phi) is 5.63. The number of carbonyl (C=O) groups is 2. The van der Waals surface area contributed by atoms with E-state index in [9.17, 15) is 19.7 Å². The summed E-state index contributed by atoms with van der Waals surface area (Å²) in [7, 11) is 0. The Morgan fingerprint density at radius 3 is 2.55 bits per heavy atom. The maximum absolute atomic E-state index is 13.0. The van der Waals surface area contributed by atoms with Gasteiger partial charge in [0.1, 0.15) is 5.69 Å². The van der Waals surface area contributed by atoms with E-state index in [0.29, 0.717) is 5.69 Å². The molecule has 2 aliphatic heterocycles. The number of hydrogen-bond donors (Lipinski definition) is 0. The van der Waals surface area contributed by atoms with Gasteiger partial charge in [0, 0.05) is 30.9 Å². The number of nitro benzene ring substituents is 1. The van der Waals surface area contributed by atoms with Gasteiger partial charge in [-0.25, -0.2) is 4.79 Å². The van der Waals surface area contributed by atoms with Crippen molar-refractivity contribution < 1.29 is 19.2 Å². The lowest BCUT2D eigenvalue weighted by Crippen LogP contribution is -2.43. The summed E-state index contributed by atoms with van der Waals surface area (Å²) in [5.74, 6) is -1.06. The fraction of sp³-hybridized carbons (Fsp3) is 0.391. The number of nitro groups is 1. The predicted molar refractivity (Wildman–Crippen MR) is 117 cm³/mol. The van der Waals surface area contributed by atoms with Gasteiger partial charge in [0.25, 0.3) is 11.6 Å². The Balaban J connectivity index is 1.51. The molecular formula is C23H25N3O5. The first-order chi connectivity index (χ1) is 14.9. The Hall–Kier alpha value is -3.42.